The van der Waals surface area contributed by atoms with Gasteiger partial charge in [-0.2, -0.15) is 0 Å². The molecule has 1 aliphatic rings. The van der Waals surface area contributed by atoms with Crippen LogP contribution in [0.2, 0.25) is 0 Å². The van der Waals surface area contributed by atoms with Gasteiger partial charge in [-0.05, 0) is 36.6 Å². The summed E-state index contributed by atoms with van der Waals surface area (Å²) in [7, 11) is 3.09. The van der Waals surface area contributed by atoms with Crippen molar-refractivity contribution in [2.24, 2.45) is 0 Å². The van der Waals surface area contributed by atoms with Crippen LogP contribution in [0.3, 0.4) is 0 Å². The van der Waals surface area contributed by atoms with Crippen molar-refractivity contribution < 1.29 is 24.2 Å². The van der Waals surface area contributed by atoms with Crippen LogP contribution in [-0.4, -0.2) is 41.9 Å². The highest BCUT2D eigenvalue weighted by Crippen LogP contribution is 2.34. The van der Waals surface area contributed by atoms with Crippen molar-refractivity contribution in [1.82, 2.24) is 4.90 Å². The van der Waals surface area contributed by atoms with E-state index in [1.165, 1.54) is 16.7 Å². The molecule has 0 aromatic heterocycles. The average Bonchev–Trinajstić information content (AvgIpc) is 2.81. The monoisotopic (exact) mass is 366 g/mol. The summed E-state index contributed by atoms with van der Waals surface area (Å²) >= 11 is 6.39. The van der Waals surface area contributed by atoms with Gasteiger partial charge in [0, 0.05) is 12.5 Å². The topological polar surface area (TPSA) is 78.9 Å². The lowest BCUT2D eigenvalue weighted by atomic mass is 10.2. The number of carbonyl (C=O) groups is 2. The molecular formula is C16H16NO5S2-. The Labute approximate surface area is 149 Å². The molecule has 1 fully saturated rings. The normalized spacial score (nSPS) is 15.9. The summed E-state index contributed by atoms with van der Waals surface area (Å²) in [4.78, 5) is 24.8. The third-order valence-electron chi connectivity index (χ3n) is 3.34. The van der Waals surface area contributed by atoms with E-state index in [0.29, 0.717) is 27.1 Å². The first kappa shape index (κ1) is 18.3. The summed E-state index contributed by atoms with van der Waals surface area (Å²) in [6.07, 6.45) is 1.92. The molecule has 1 amide bonds. The van der Waals surface area contributed by atoms with Gasteiger partial charge in [-0.3, -0.25) is 9.69 Å². The predicted octanol–water partition coefficient (Wildman–Crippen LogP) is 1.44. The SMILES string of the molecule is COc1ccc(/C=C2\SC(=S)N(CCCC(=O)[O-])C2=O)cc1OC. The molecule has 1 aliphatic heterocycles. The number of thioether (sulfide) groups is 1. The molecule has 8 heteroatoms. The molecule has 24 heavy (non-hydrogen) atoms. The number of rotatable bonds is 7. The van der Waals surface area contributed by atoms with Gasteiger partial charge in [0.1, 0.15) is 4.32 Å². The number of carboxylic acid groups (broad SMARTS) is 1. The maximum absolute atomic E-state index is 12.4. The molecule has 0 N–H and O–H groups in total. The fraction of sp³-hybridized carbons (Fsp3) is 0.312. The number of carbonyl (C=O) groups excluding carboxylic acids is 2. The van der Waals surface area contributed by atoms with Crippen molar-refractivity contribution in [3.05, 3.63) is 28.7 Å². The molecule has 0 saturated carbocycles. The van der Waals surface area contributed by atoms with E-state index >= 15 is 0 Å². The first-order valence-corrected chi connectivity index (χ1v) is 8.36. The maximum atomic E-state index is 12.4. The number of amides is 1. The summed E-state index contributed by atoms with van der Waals surface area (Å²) in [5.74, 6) is -0.195. The molecule has 0 spiro atoms. The number of hydrogen-bond donors (Lipinski definition) is 0. The fourth-order valence-corrected chi connectivity index (χ4v) is 3.48. The Balaban J connectivity index is 2.14. The molecule has 0 atom stereocenters. The molecule has 0 bridgehead atoms. The Kier molecular flexibility index (Phi) is 6.22. The highest BCUT2D eigenvalue weighted by atomic mass is 32.2. The highest BCUT2D eigenvalue weighted by molar-refractivity contribution is 8.26. The predicted molar refractivity (Wildman–Crippen MR) is 93.7 cm³/mol. The number of benzene rings is 1. The lowest BCUT2D eigenvalue weighted by molar-refractivity contribution is -0.305. The van der Waals surface area contributed by atoms with Crippen LogP contribution in [0.1, 0.15) is 18.4 Å². The Morgan fingerprint density at radius 2 is 2.04 bits per heavy atom. The molecule has 0 radical (unpaired) electrons. The van der Waals surface area contributed by atoms with E-state index in [0.717, 1.165) is 5.56 Å². The fourth-order valence-electron chi connectivity index (χ4n) is 2.17. The van der Waals surface area contributed by atoms with E-state index in [1.807, 2.05) is 6.07 Å². The van der Waals surface area contributed by atoms with Crippen molar-refractivity contribution in [2.75, 3.05) is 20.8 Å². The molecule has 128 valence electrons. The van der Waals surface area contributed by atoms with Gasteiger partial charge in [-0.1, -0.05) is 30.0 Å². The summed E-state index contributed by atoms with van der Waals surface area (Å²) in [6.45, 7) is 0.266. The second kappa shape index (κ2) is 8.16. The number of carboxylic acids is 1. The minimum Gasteiger partial charge on any atom is -0.550 e. The van der Waals surface area contributed by atoms with Crippen molar-refractivity contribution in [1.29, 1.82) is 0 Å². The number of nitrogens with zero attached hydrogens (tertiary/aromatic N) is 1. The molecule has 1 aromatic rings. The smallest absolute Gasteiger partial charge is 0.266 e. The van der Waals surface area contributed by atoms with Crippen LogP contribution in [0.5, 0.6) is 11.5 Å². The van der Waals surface area contributed by atoms with Crippen LogP contribution < -0.4 is 14.6 Å². The summed E-state index contributed by atoms with van der Waals surface area (Å²) in [6, 6.07) is 5.33. The van der Waals surface area contributed by atoms with E-state index in [2.05, 4.69) is 0 Å². The molecular weight excluding hydrogens is 350 g/mol. The number of hydrogen-bond acceptors (Lipinski definition) is 7. The molecule has 6 nitrogen and oxygen atoms in total. The standard InChI is InChI=1S/C16H17NO5S2/c1-21-11-6-5-10(8-12(11)22-2)9-13-15(20)17(16(23)24-13)7-3-4-14(18)19/h5-6,8-9H,3-4,7H2,1-2H3,(H,18,19)/p-1/b13-9-. The van der Waals surface area contributed by atoms with Gasteiger partial charge in [-0.15, -0.1) is 0 Å². The Morgan fingerprint density at radius 1 is 1.33 bits per heavy atom. The molecule has 0 unspecified atom stereocenters. The van der Waals surface area contributed by atoms with Gasteiger partial charge in [-0.25, -0.2) is 0 Å². The molecule has 1 saturated heterocycles. The molecule has 0 aliphatic carbocycles. The van der Waals surface area contributed by atoms with Crippen molar-refractivity contribution in [3.8, 4) is 11.5 Å². The zero-order chi connectivity index (χ0) is 17.7. The molecule has 1 heterocycles. The zero-order valence-corrected chi connectivity index (χ0v) is 14.9. The summed E-state index contributed by atoms with van der Waals surface area (Å²) in [5, 5.41) is 10.5. The van der Waals surface area contributed by atoms with E-state index in [1.54, 1.807) is 32.4 Å². The number of thiocarbonyl (C=S) groups is 1. The van der Waals surface area contributed by atoms with Gasteiger partial charge < -0.3 is 19.4 Å². The number of ether oxygens (including phenoxy) is 2. The Hall–Kier alpha value is -2.06. The van der Waals surface area contributed by atoms with Gasteiger partial charge in [0.15, 0.2) is 11.5 Å². The minimum atomic E-state index is -1.14. The lowest BCUT2D eigenvalue weighted by Gasteiger charge is -2.14. The minimum absolute atomic E-state index is 0.105. The Bertz CT molecular complexity index is 702. The van der Waals surface area contributed by atoms with Crippen LogP contribution in [0.25, 0.3) is 6.08 Å². The quantitative estimate of drug-likeness (QED) is 0.534. The van der Waals surface area contributed by atoms with Gasteiger partial charge in [0.05, 0.1) is 19.1 Å². The second-order valence-corrected chi connectivity index (χ2v) is 6.60. The van der Waals surface area contributed by atoms with E-state index in [4.69, 9.17) is 21.7 Å². The highest BCUT2D eigenvalue weighted by Gasteiger charge is 2.31. The van der Waals surface area contributed by atoms with Gasteiger partial charge in [0.25, 0.3) is 5.91 Å². The first-order valence-electron chi connectivity index (χ1n) is 7.13. The van der Waals surface area contributed by atoms with E-state index in [-0.39, 0.29) is 18.9 Å². The van der Waals surface area contributed by atoms with Gasteiger partial charge >= 0.3 is 0 Å². The maximum Gasteiger partial charge on any atom is 0.266 e. The van der Waals surface area contributed by atoms with Crippen LogP contribution in [0.15, 0.2) is 23.1 Å². The number of methoxy groups -OCH3 is 2. The number of aliphatic carboxylic acids is 1. The van der Waals surface area contributed by atoms with Gasteiger partial charge in [0.2, 0.25) is 0 Å². The van der Waals surface area contributed by atoms with E-state index < -0.39 is 5.97 Å². The van der Waals surface area contributed by atoms with Crippen molar-refractivity contribution in [3.63, 3.8) is 0 Å². The summed E-state index contributed by atoms with van der Waals surface area (Å²) < 4.78 is 10.8. The molecule has 1 aromatic carbocycles. The second-order valence-electron chi connectivity index (χ2n) is 4.92. The van der Waals surface area contributed by atoms with E-state index in [9.17, 15) is 14.7 Å². The molecule has 2 rings (SSSR count). The van der Waals surface area contributed by atoms with Crippen LogP contribution in [0, 0.1) is 0 Å². The van der Waals surface area contributed by atoms with Crippen LogP contribution >= 0.6 is 24.0 Å². The van der Waals surface area contributed by atoms with Crippen molar-refractivity contribution in [2.45, 2.75) is 12.8 Å². The lowest BCUT2D eigenvalue weighted by Crippen LogP contribution is -2.30. The van der Waals surface area contributed by atoms with Crippen LogP contribution in [0.4, 0.5) is 0 Å². The zero-order valence-electron chi connectivity index (χ0n) is 13.2. The van der Waals surface area contributed by atoms with Crippen molar-refractivity contribution >= 4 is 46.3 Å². The third kappa shape index (κ3) is 4.27. The Morgan fingerprint density at radius 3 is 2.67 bits per heavy atom. The first-order chi connectivity index (χ1) is 11.5. The third-order valence-corrected chi connectivity index (χ3v) is 4.72. The van der Waals surface area contributed by atoms with Crippen LogP contribution in [-0.2, 0) is 9.59 Å². The summed E-state index contributed by atoms with van der Waals surface area (Å²) in [5.41, 5.74) is 0.780. The average molecular weight is 366 g/mol. The largest absolute Gasteiger partial charge is 0.550 e.